The largest absolute Gasteiger partial charge is 0.468 e. The Morgan fingerprint density at radius 1 is 1.18 bits per heavy atom. The molecule has 1 heterocycles. The molecule has 3 atom stereocenters. The first-order valence-electron chi connectivity index (χ1n) is 5.30. The molecule has 2 fully saturated rings. The van der Waals surface area contributed by atoms with Gasteiger partial charge in [-0.25, -0.2) is 0 Å². The quantitative estimate of drug-likeness (QED) is 0.382. The maximum Gasteiger partial charge on any atom is 0.327 e. The summed E-state index contributed by atoms with van der Waals surface area (Å²) >= 11 is 0. The van der Waals surface area contributed by atoms with Crippen LogP contribution in [0.2, 0.25) is 0 Å². The number of carbonyl (C=O) groups is 3. The van der Waals surface area contributed by atoms with Crippen LogP contribution in [0.4, 0.5) is 0 Å². The second kappa shape index (κ2) is 3.21. The highest BCUT2D eigenvalue weighted by atomic mass is 16.6. The second-order valence-electron chi connectivity index (χ2n) is 4.45. The van der Waals surface area contributed by atoms with Crippen molar-refractivity contribution in [3.63, 3.8) is 0 Å². The lowest BCUT2D eigenvalue weighted by Crippen LogP contribution is -2.54. The Kier molecular flexibility index (Phi) is 2.24. The van der Waals surface area contributed by atoms with Gasteiger partial charge in [0.15, 0.2) is 5.60 Å². The molecule has 0 bridgehead atoms. The van der Waals surface area contributed by atoms with Gasteiger partial charge in [0.25, 0.3) is 0 Å². The minimum Gasteiger partial charge on any atom is -0.468 e. The molecule has 0 aromatic heterocycles. The Bertz CT molecular complexity index is 398. The van der Waals surface area contributed by atoms with E-state index in [0.29, 0.717) is 0 Å². The number of esters is 3. The van der Waals surface area contributed by atoms with E-state index in [4.69, 9.17) is 4.74 Å². The van der Waals surface area contributed by atoms with E-state index in [1.54, 1.807) is 13.8 Å². The molecule has 1 spiro atoms. The van der Waals surface area contributed by atoms with Gasteiger partial charge in [0.1, 0.15) is 0 Å². The molecule has 94 valence electrons. The highest BCUT2D eigenvalue weighted by Gasteiger charge is 2.93. The van der Waals surface area contributed by atoms with Crippen molar-refractivity contribution >= 4 is 17.9 Å². The lowest BCUT2D eigenvalue weighted by molar-refractivity contribution is -0.201. The monoisotopic (exact) mass is 242 g/mol. The van der Waals surface area contributed by atoms with Gasteiger partial charge in [0.2, 0.25) is 5.41 Å². The molecule has 0 N–H and O–H groups in total. The summed E-state index contributed by atoms with van der Waals surface area (Å²) in [7, 11) is 2.38. The Balaban J connectivity index is 2.43. The van der Waals surface area contributed by atoms with Crippen molar-refractivity contribution in [2.75, 3.05) is 14.2 Å². The van der Waals surface area contributed by atoms with Crippen LogP contribution in [0, 0.1) is 17.3 Å². The number of hydrogen-bond acceptors (Lipinski definition) is 6. The van der Waals surface area contributed by atoms with Gasteiger partial charge in [-0.3, -0.25) is 14.4 Å². The fraction of sp³-hybridized carbons (Fsp3) is 0.727. The summed E-state index contributed by atoms with van der Waals surface area (Å²) in [4.78, 5) is 34.9. The van der Waals surface area contributed by atoms with Crippen molar-refractivity contribution in [2.45, 2.75) is 19.4 Å². The molecule has 2 rings (SSSR count). The average Bonchev–Trinajstić information content (AvgIpc) is 2.91. The molecule has 1 saturated carbocycles. The van der Waals surface area contributed by atoms with E-state index < -0.39 is 40.8 Å². The lowest BCUT2D eigenvalue weighted by atomic mass is 9.87. The number of carbonyl (C=O) groups excluding carboxylic acids is 3. The van der Waals surface area contributed by atoms with Crippen LogP contribution in [0.1, 0.15) is 13.8 Å². The second-order valence-corrected chi connectivity index (χ2v) is 4.45. The van der Waals surface area contributed by atoms with Crippen molar-refractivity contribution in [3.8, 4) is 0 Å². The first-order chi connectivity index (χ1) is 7.91. The van der Waals surface area contributed by atoms with Crippen molar-refractivity contribution in [2.24, 2.45) is 17.3 Å². The van der Waals surface area contributed by atoms with Gasteiger partial charge in [-0.05, 0) is 6.92 Å². The molecule has 6 nitrogen and oxygen atoms in total. The molecule has 6 heteroatoms. The Labute approximate surface area is 98.2 Å². The SMILES string of the molecule is COC(=O)C1(C(=O)OC)[C@H](C)[C@]12OC(=O)[C@H]2C. The molecule has 0 radical (unpaired) electrons. The number of methoxy groups -OCH3 is 2. The summed E-state index contributed by atoms with van der Waals surface area (Å²) in [5.74, 6) is -2.77. The predicted octanol–water partition coefficient (Wildman–Crippen LogP) is -0.0998. The molecule has 2 aliphatic rings. The highest BCUT2D eigenvalue weighted by Crippen LogP contribution is 2.72. The van der Waals surface area contributed by atoms with Crippen LogP contribution in [0.5, 0.6) is 0 Å². The van der Waals surface area contributed by atoms with Gasteiger partial charge in [-0.15, -0.1) is 0 Å². The van der Waals surface area contributed by atoms with Gasteiger partial charge in [0, 0.05) is 5.92 Å². The molecule has 1 saturated heterocycles. The smallest absolute Gasteiger partial charge is 0.327 e. The van der Waals surface area contributed by atoms with E-state index in [-0.39, 0.29) is 0 Å². The highest BCUT2D eigenvalue weighted by molar-refractivity contribution is 6.09. The maximum absolute atomic E-state index is 11.9. The predicted molar refractivity (Wildman–Crippen MR) is 53.6 cm³/mol. The summed E-state index contributed by atoms with van der Waals surface area (Å²) in [6, 6.07) is 0. The summed E-state index contributed by atoms with van der Waals surface area (Å²) in [6.07, 6.45) is 0. The van der Waals surface area contributed by atoms with Crippen LogP contribution < -0.4 is 0 Å². The third-order valence-electron chi connectivity index (χ3n) is 4.11. The van der Waals surface area contributed by atoms with Crippen LogP contribution in [-0.4, -0.2) is 37.7 Å². The molecule has 1 aliphatic heterocycles. The zero-order valence-electron chi connectivity index (χ0n) is 10.1. The number of ether oxygens (including phenoxy) is 3. The molecule has 0 aromatic rings. The summed E-state index contributed by atoms with van der Waals surface area (Å²) in [5, 5.41) is 0. The van der Waals surface area contributed by atoms with Gasteiger partial charge in [-0.2, -0.15) is 0 Å². The van der Waals surface area contributed by atoms with Crippen LogP contribution in [0.15, 0.2) is 0 Å². The van der Waals surface area contributed by atoms with Crippen molar-refractivity contribution in [3.05, 3.63) is 0 Å². The minimum atomic E-state index is -1.50. The maximum atomic E-state index is 11.9. The van der Waals surface area contributed by atoms with Crippen LogP contribution in [-0.2, 0) is 28.6 Å². The van der Waals surface area contributed by atoms with Crippen LogP contribution in [0.3, 0.4) is 0 Å². The molecule has 0 unspecified atom stereocenters. The van der Waals surface area contributed by atoms with Gasteiger partial charge >= 0.3 is 17.9 Å². The van der Waals surface area contributed by atoms with Crippen molar-refractivity contribution in [1.82, 2.24) is 0 Å². The minimum absolute atomic E-state index is 0.411. The molecule has 0 aromatic carbocycles. The zero-order chi connectivity index (χ0) is 13.0. The zero-order valence-corrected chi connectivity index (χ0v) is 10.1. The van der Waals surface area contributed by atoms with Gasteiger partial charge < -0.3 is 14.2 Å². The van der Waals surface area contributed by atoms with Gasteiger partial charge in [-0.1, -0.05) is 6.92 Å². The third-order valence-corrected chi connectivity index (χ3v) is 4.11. The average molecular weight is 242 g/mol. The Hall–Kier alpha value is -1.59. The molecule has 1 aliphatic carbocycles. The Morgan fingerprint density at radius 3 is 1.94 bits per heavy atom. The summed E-state index contributed by atoms with van der Waals surface area (Å²) in [6.45, 7) is 3.31. The van der Waals surface area contributed by atoms with Crippen molar-refractivity contribution < 1.29 is 28.6 Å². The summed E-state index contributed by atoms with van der Waals surface area (Å²) < 4.78 is 14.4. The van der Waals surface area contributed by atoms with E-state index in [1.807, 2.05) is 0 Å². The topological polar surface area (TPSA) is 78.9 Å². The van der Waals surface area contributed by atoms with E-state index >= 15 is 0 Å². The fourth-order valence-electron chi connectivity index (χ4n) is 3.08. The third kappa shape index (κ3) is 0.947. The van der Waals surface area contributed by atoms with Crippen LogP contribution in [0.25, 0.3) is 0 Å². The molecular weight excluding hydrogens is 228 g/mol. The van der Waals surface area contributed by atoms with Crippen LogP contribution >= 0.6 is 0 Å². The van der Waals surface area contributed by atoms with Crippen molar-refractivity contribution in [1.29, 1.82) is 0 Å². The van der Waals surface area contributed by atoms with E-state index in [9.17, 15) is 14.4 Å². The summed E-state index contributed by atoms with van der Waals surface area (Å²) in [5.41, 5.74) is -2.58. The number of rotatable bonds is 2. The van der Waals surface area contributed by atoms with E-state index in [2.05, 4.69) is 9.47 Å². The first-order valence-corrected chi connectivity index (χ1v) is 5.30. The molecule has 0 amide bonds. The standard InChI is InChI=1S/C11H14O6/c1-5-7(12)17-11(5)6(2)10(11,8(13)15-3)9(14)16-4/h5-6H,1-4H3/t5-,6+,11+/m1/s1. The normalized spacial score (nSPS) is 36.8. The lowest BCUT2D eigenvalue weighted by Gasteiger charge is -2.36. The van der Waals surface area contributed by atoms with E-state index in [1.165, 1.54) is 14.2 Å². The first kappa shape index (κ1) is 11.9. The number of hydrogen-bond donors (Lipinski definition) is 0. The Morgan fingerprint density at radius 2 is 1.65 bits per heavy atom. The van der Waals surface area contributed by atoms with E-state index in [0.717, 1.165) is 0 Å². The molecular formula is C11H14O6. The fourth-order valence-corrected chi connectivity index (χ4v) is 3.08. The van der Waals surface area contributed by atoms with Gasteiger partial charge in [0.05, 0.1) is 20.1 Å². The molecule has 17 heavy (non-hydrogen) atoms.